The van der Waals surface area contributed by atoms with Crippen LogP contribution in [0.25, 0.3) is 11.3 Å². The third-order valence-electron chi connectivity index (χ3n) is 4.15. The molecular weight excluding hydrogens is 376 g/mol. The van der Waals surface area contributed by atoms with Gasteiger partial charge in [0.15, 0.2) is 5.11 Å². The fourth-order valence-corrected chi connectivity index (χ4v) is 3.00. The first-order valence-electron chi connectivity index (χ1n) is 8.57. The summed E-state index contributed by atoms with van der Waals surface area (Å²) in [5.41, 5.74) is 3.01. The number of methoxy groups -OCH3 is 1. The van der Waals surface area contributed by atoms with Gasteiger partial charge in [-0.15, -0.1) is 0 Å². The summed E-state index contributed by atoms with van der Waals surface area (Å²) < 4.78 is 10.8. The Kier molecular flexibility index (Phi) is 6.08. The molecule has 0 aliphatic rings. The minimum absolute atomic E-state index is 0.140. The maximum atomic E-state index is 12.4. The Bertz CT molecular complexity index is 1010. The van der Waals surface area contributed by atoms with Gasteiger partial charge in [0.1, 0.15) is 23.9 Å². The van der Waals surface area contributed by atoms with E-state index in [-0.39, 0.29) is 17.6 Å². The van der Waals surface area contributed by atoms with Gasteiger partial charge in [0.2, 0.25) is 0 Å². The molecule has 3 aromatic rings. The Morgan fingerprint density at radius 1 is 1.18 bits per heavy atom. The molecule has 0 spiro atoms. The molecule has 0 radical (unpaired) electrons. The van der Waals surface area contributed by atoms with Crippen LogP contribution in [0.15, 0.2) is 59.0 Å². The maximum Gasteiger partial charge on any atom is 0.261 e. The van der Waals surface area contributed by atoms with Gasteiger partial charge in [0.05, 0.1) is 12.7 Å². The number of thiocarbonyl (C=S) groups is 1. The van der Waals surface area contributed by atoms with Crippen molar-refractivity contribution < 1.29 is 19.1 Å². The molecule has 0 atom stereocenters. The van der Waals surface area contributed by atoms with E-state index in [0.29, 0.717) is 22.8 Å². The summed E-state index contributed by atoms with van der Waals surface area (Å²) in [6, 6.07) is 16.1. The van der Waals surface area contributed by atoms with E-state index in [4.69, 9.17) is 26.5 Å². The SMILES string of the molecule is COc1ccccc1C(=O)NC(=S)Nc1ccc(-c2ccc(CO)o2)c(C)c1. The highest BCUT2D eigenvalue weighted by Gasteiger charge is 2.13. The van der Waals surface area contributed by atoms with Gasteiger partial charge in [-0.1, -0.05) is 12.1 Å². The molecule has 3 rings (SSSR count). The predicted molar refractivity (Wildman–Crippen MR) is 111 cm³/mol. The molecule has 1 amide bonds. The van der Waals surface area contributed by atoms with Crippen LogP contribution in [0.4, 0.5) is 5.69 Å². The number of hydrogen-bond donors (Lipinski definition) is 3. The Morgan fingerprint density at radius 3 is 2.64 bits per heavy atom. The molecule has 6 nitrogen and oxygen atoms in total. The van der Waals surface area contributed by atoms with Crippen LogP contribution >= 0.6 is 12.2 Å². The second kappa shape index (κ2) is 8.69. The molecule has 7 heteroatoms. The van der Waals surface area contributed by atoms with E-state index in [0.717, 1.165) is 16.8 Å². The van der Waals surface area contributed by atoms with E-state index in [1.807, 2.05) is 31.2 Å². The van der Waals surface area contributed by atoms with Crippen molar-refractivity contribution in [2.45, 2.75) is 13.5 Å². The summed E-state index contributed by atoms with van der Waals surface area (Å²) in [5, 5.41) is 15.0. The van der Waals surface area contributed by atoms with Gasteiger partial charge in [-0.2, -0.15) is 0 Å². The first kappa shape index (κ1) is 19.6. The van der Waals surface area contributed by atoms with Crippen LogP contribution in [0.3, 0.4) is 0 Å². The van der Waals surface area contributed by atoms with E-state index >= 15 is 0 Å². The molecule has 1 heterocycles. The minimum atomic E-state index is -0.351. The second-order valence-electron chi connectivity index (χ2n) is 6.06. The topological polar surface area (TPSA) is 83.7 Å². The van der Waals surface area contributed by atoms with Gasteiger partial charge in [-0.25, -0.2) is 0 Å². The number of anilines is 1. The van der Waals surface area contributed by atoms with Gasteiger partial charge in [-0.05, 0) is 67.2 Å². The van der Waals surface area contributed by atoms with Crippen molar-refractivity contribution in [3.05, 3.63) is 71.5 Å². The highest BCUT2D eigenvalue weighted by molar-refractivity contribution is 7.80. The zero-order chi connectivity index (χ0) is 20.1. The molecule has 28 heavy (non-hydrogen) atoms. The molecule has 0 saturated heterocycles. The summed E-state index contributed by atoms with van der Waals surface area (Å²) in [7, 11) is 1.51. The van der Waals surface area contributed by atoms with Crippen molar-refractivity contribution in [3.8, 4) is 17.1 Å². The van der Waals surface area contributed by atoms with Crippen molar-refractivity contribution in [2.75, 3.05) is 12.4 Å². The van der Waals surface area contributed by atoms with Gasteiger partial charge < -0.3 is 19.6 Å². The van der Waals surface area contributed by atoms with Gasteiger partial charge in [0.25, 0.3) is 5.91 Å². The van der Waals surface area contributed by atoms with Gasteiger partial charge in [0, 0.05) is 11.3 Å². The smallest absolute Gasteiger partial charge is 0.261 e. The van der Waals surface area contributed by atoms with Crippen molar-refractivity contribution in [3.63, 3.8) is 0 Å². The third-order valence-corrected chi connectivity index (χ3v) is 4.35. The van der Waals surface area contributed by atoms with Crippen molar-refractivity contribution in [1.82, 2.24) is 5.32 Å². The zero-order valence-corrected chi connectivity index (χ0v) is 16.3. The van der Waals surface area contributed by atoms with Crippen molar-refractivity contribution >= 4 is 28.9 Å². The van der Waals surface area contributed by atoms with Gasteiger partial charge >= 0.3 is 0 Å². The number of ether oxygens (including phenoxy) is 1. The average molecular weight is 396 g/mol. The van der Waals surface area contributed by atoms with Crippen LogP contribution < -0.4 is 15.4 Å². The van der Waals surface area contributed by atoms with Crippen molar-refractivity contribution in [2.24, 2.45) is 0 Å². The number of aryl methyl sites for hydroxylation is 1. The maximum absolute atomic E-state index is 12.4. The molecule has 144 valence electrons. The van der Waals surface area contributed by atoms with E-state index < -0.39 is 0 Å². The lowest BCUT2D eigenvalue weighted by Gasteiger charge is -2.13. The molecule has 3 N–H and O–H groups in total. The normalized spacial score (nSPS) is 10.4. The number of aliphatic hydroxyl groups excluding tert-OH is 1. The van der Waals surface area contributed by atoms with Crippen LogP contribution in [-0.4, -0.2) is 23.2 Å². The number of aliphatic hydroxyl groups is 1. The summed E-state index contributed by atoms with van der Waals surface area (Å²) in [4.78, 5) is 12.4. The Balaban J connectivity index is 1.69. The van der Waals surface area contributed by atoms with Crippen LogP contribution in [0, 0.1) is 6.92 Å². The lowest BCUT2D eigenvalue weighted by Crippen LogP contribution is -2.34. The summed E-state index contributed by atoms with van der Waals surface area (Å²) in [6.07, 6.45) is 0. The number of amides is 1. The molecule has 2 aromatic carbocycles. The second-order valence-corrected chi connectivity index (χ2v) is 6.47. The fourth-order valence-electron chi connectivity index (χ4n) is 2.79. The first-order chi connectivity index (χ1) is 13.5. The van der Waals surface area contributed by atoms with Gasteiger partial charge in [-0.3, -0.25) is 10.1 Å². The minimum Gasteiger partial charge on any atom is -0.496 e. The van der Waals surface area contributed by atoms with E-state index in [1.54, 1.807) is 30.3 Å². The number of rotatable bonds is 5. The lowest BCUT2D eigenvalue weighted by atomic mass is 10.1. The number of furan rings is 1. The van der Waals surface area contributed by atoms with E-state index in [2.05, 4.69) is 10.6 Å². The fraction of sp³-hybridized carbons (Fsp3) is 0.143. The van der Waals surface area contributed by atoms with Crippen LogP contribution in [0.1, 0.15) is 21.7 Å². The summed E-state index contributed by atoms with van der Waals surface area (Å²) in [6.45, 7) is 1.80. The monoisotopic (exact) mass is 396 g/mol. The average Bonchev–Trinajstić information content (AvgIpc) is 3.16. The van der Waals surface area contributed by atoms with E-state index in [1.165, 1.54) is 7.11 Å². The van der Waals surface area contributed by atoms with Crippen molar-refractivity contribution in [1.29, 1.82) is 0 Å². The quantitative estimate of drug-likeness (QED) is 0.568. The summed E-state index contributed by atoms with van der Waals surface area (Å²) in [5.74, 6) is 1.32. The van der Waals surface area contributed by atoms with Crippen LogP contribution in [-0.2, 0) is 6.61 Å². The highest BCUT2D eigenvalue weighted by Crippen LogP contribution is 2.28. The third kappa shape index (κ3) is 4.39. The first-order valence-corrected chi connectivity index (χ1v) is 8.98. The number of hydrogen-bond acceptors (Lipinski definition) is 5. The van der Waals surface area contributed by atoms with Crippen LogP contribution in [0.2, 0.25) is 0 Å². The summed E-state index contributed by atoms with van der Waals surface area (Å²) >= 11 is 5.25. The molecule has 0 aliphatic heterocycles. The molecule has 0 fully saturated rings. The predicted octanol–water partition coefficient (Wildman–Crippen LogP) is 3.88. The zero-order valence-electron chi connectivity index (χ0n) is 15.5. The lowest BCUT2D eigenvalue weighted by molar-refractivity contribution is 0.0975. The number of carbonyl (C=O) groups excluding carboxylic acids is 1. The molecule has 0 aliphatic carbocycles. The number of para-hydroxylation sites is 1. The Hall–Kier alpha value is -3.16. The number of carbonyl (C=O) groups is 1. The number of benzene rings is 2. The molecule has 0 bridgehead atoms. The van der Waals surface area contributed by atoms with Crippen LogP contribution in [0.5, 0.6) is 5.75 Å². The Morgan fingerprint density at radius 2 is 1.96 bits per heavy atom. The van der Waals surface area contributed by atoms with E-state index in [9.17, 15) is 4.79 Å². The molecule has 0 saturated carbocycles. The highest BCUT2D eigenvalue weighted by atomic mass is 32.1. The Labute approximate surface area is 168 Å². The molecule has 0 unspecified atom stereocenters. The standard InChI is InChI=1S/C21H20N2O4S/c1-13-11-14(7-9-16(13)19-10-8-15(12-24)27-19)22-21(28)23-20(25)17-5-3-4-6-18(17)26-2/h3-11,24H,12H2,1-2H3,(H2,22,23,25,28). The largest absolute Gasteiger partial charge is 0.496 e. The number of nitrogens with one attached hydrogen (secondary N) is 2. The molecular formula is C21H20N2O4S. The molecule has 1 aromatic heterocycles.